The van der Waals surface area contributed by atoms with Crippen LogP contribution in [0.2, 0.25) is 0 Å². The smallest absolute Gasteiger partial charge is 0.0998 e. The average molecular weight is 129 g/mol. The summed E-state index contributed by atoms with van der Waals surface area (Å²) in [6.07, 6.45) is 7.22. The van der Waals surface area contributed by atoms with Crippen molar-refractivity contribution < 1.29 is 0 Å². The number of hydrogen-bond acceptors (Lipinski definition) is 1. The zero-order valence-corrected chi connectivity index (χ0v) is 5.76. The Morgan fingerprint density at radius 2 is 2.40 bits per heavy atom. The third kappa shape index (κ3) is 1.48. The van der Waals surface area contributed by atoms with Crippen molar-refractivity contribution >= 4 is 0 Å². The summed E-state index contributed by atoms with van der Waals surface area (Å²) in [7, 11) is 0. The van der Waals surface area contributed by atoms with Gasteiger partial charge in [-0.1, -0.05) is 6.08 Å². The highest BCUT2D eigenvalue weighted by molar-refractivity contribution is 5.41. The standard InChI is InChI=1S/C9H7N/c1-8-4-2-3-5-9(6-8)7-10/h2,4-6H,1H3. The lowest BCUT2D eigenvalue weighted by Crippen LogP contribution is -1.70. The Labute approximate surface area is 60.3 Å². The van der Waals surface area contributed by atoms with Gasteiger partial charge in [0.05, 0.1) is 11.6 Å². The molecule has 0 spiro atoms. The van der Waals surface area contributed by atoms with E-state index in [1.165, 1.54) is 0 Å². The summed E-state index contributed by atoms with van der Waals surface area (Å²) in [4.78, 5) is 0. The summed E-state index contributed by atoms with van der Waals surface area (Å²) in [5.74, 6) is 0. The molecule has 0 heterocycles. The second kappa shape index (κ2) is 2.87. The summed E-state index contributed by atoms with van der Waals surface area (Å²) < 4.78 is 0. The van der Waals surface area contributed by atoms with Crippen LogP contribution < -0.4 is 0 Å². The molecule has 1 heteroatoms. The topological polar surface area (TPSA) is 23.8 Å². The first-order chi connectivity index (χ1) is 4.83. The summed E-state index contributed by atoms with van der Waals surface area (Å²) in [6, 6.07) is 2.06. The molecular weight excluding hydrogens is 122 g/mol. The molecule has 0 radical (unpaired) electrons. The van der Waals surface area contributed by atoms with Crippen LogP contribution in [-0.2, 0) is 0 Å². The molecule has 0 unspecified atom stereocenters. The van der Waals surface area contributed by atoms with Gasteiger partial charge >= 0.3 is 0 Å². The van der Waals surface area contributed by atoms with Crippen LogP contribution >= 0.6 is 0 Å². The first-order valence-electron chi connectivity index (χ1n) is 3.04. The molecule has 1 aliphatic carbocycles. The molecule has 0 aliphatic heterocycles. The van der Waals surface area contributed by atoms with Gasteiger partial charge in [-0.2, -0.15) is 5.26 Å². The van der Waals surface area contributed by atoms with Crippen molar-refractivity contribution in [3.05, 3.63) is 41.2 Å². The maximum absolute atomic E-state index is 8.50. The molecule has 0 aromatic carbocycles. The van der Waals surface area contributed by atoms with Crippen molar-refractivity contribution in [3.63, 3.8) is 0 Å². The molecule has 0 bridgehead atoms. The van der Waals surface area contributed by atoms with Crippen molar-refractivity contribution in [1.29, 1.82) is 5.26 Å². The maximum Gasteiger partial charge on any atom is 0.0998 e. The van der Waals surface area contributed by atoms with Gasteiger partial charge < -0.3 is 0 Å². The Hall–Kier alpha value is -1.51. The third-order valence-electron chi connectivity index (χ3n) is 1.19. The molecule has 0 amide bonds. The predicted molar refractivity (Wildman–Crippen MR) is 40.1 cm³/mol. The van der Waals surface area contributed by atoms with Crippen LogP contribution in [0.3, 0.4) is 0 Å². The zero-order chi connectivity index (χ0) is 7.40. The van der Waals surface area contributed by atoms with Crippen molar-refractivity contribution in [2.45, 2.75) is 6.92 Å². The van der Waals surface area contributed by atoms with Crippen LogP contribution in [0.5, 0.6) is 0 Å². The molecule has 0 fully saturated rings. The first-order valence-corrected chi connectivity index (χ1v) is 3.04. The number of hydrogen-bond donors (Lipinski definition) is 0. The SMILES string of the molecule is CC1=CC=C=CC(C#N)=C1. The highest BCUT2D eigenvalue weighted by Crippen LogP contribution is 2.05. The van der Waals surface area contributed by atoms with E-state index >= 15 is 0 Å². The van der Waals surface area contributed by atoms with Gasteiger partial charge in [0.1, 0.15) is 0 Å². The Morgan fingerprint density at radius 1 is 1.60 bits per heavy atom. The lowest BCUT2D eigenvalue weighted by atomic mass is 10.2. The van der Waals surface area contributed by atoms with Gasteiger partial charge in [0.25, 0.3) is 0 Å². The Balaban J connectivity index is 3.07. The quantitative estimate of drug-likeness (QED) is 0.459. The largest absolute Gasteiger partial charge is 0.192 e. The molecule has 0 aromatic heterocycles. The average Bonchev–Trinajstić information content (AvgIpc) is 2.13. The van der Waals surface area contributed by atoms with Crippen molar-refractivity contribution in [2.75, 3.05) is 0 Å². The van der Waals surface area contributed by atoms with Gasteiger partial charge in [-0.05, 0) is 30.7 Å². The minimum atomic E-state index is 0.655. The monoisotopic (exact) mass is 129 g/mol. The molecule has 0 saturated heterocycles. The highest BCUT2D eigenvalue weighted by atomic mass is 14.2. The van der Waals surface area contributed by atoms with E-state index in [0.717, 1.165) is 5.57 Å². The summed E-state index contributed by atoms with van der Waals surface area (Å²) >= 11 is 0. The van der Waals surface area contributed by atoms with Crippen LogP contribution in [0, 0.1) is 11.3 Å². The van der Waals surface area contributed by atoms with Gasteiger partial charge in [0.2, 0.25) is 0 Å². The van der Waals surface area contributed by atoms with Crippen LogP contribution in [0.15, 0.2) is 41.2 Å². The first kappa shape index (κ1) is 6.61. The van der Waals surface area contributed by atoms with Gasteiger partial charge in [-0.25, -0.2) is 0 Å². The molecule has 48 valence electrons. The normalized spacial score (nSPS) is 15.2. The van der Waals surface area contributed by atoms with E-state index in [-0.39, 0.29) is 0 Å². The molecule has 10 heavy (non-hydrogen) atoms. The second-order valence-corrected chi connectivity index (χ2v) is 2.10. The molecule has 0 saturated carbocycles. The number of nitriles is 1. The van der Waals surface area contributed by atoms with Crippen molar-refractivity contribution in [1.82, 2.24) is 0 Å². The zero-order valence-electron chi connectivity index (χ0n) is 5.76. The van der Waals surface area contributed by atoms with E-state index in [1.807, 2.05) is 19.1 Å². The molecule has 0 aromatic rings. The summed E-state index contributed by atoms with van der Waals surface area (Å²) in [6.45, 7) is 1.95. The van der Waals surface area contributed by atoms with E-state index in [4.69, 9.17) is 5.26 Å². The minimum absolute atomic E-state index is 0.655. The number of nitrogens with zero attached hydrogens (tertiary/aromatic N) is 1. The Kier molecular flexibility index (Phi) is 1.89. The van der Waals surface area contributed by atoms with Gasteiger partial charge in [-0.3, -0.25) is 0 Å². The van der Waals surface area contributed by atoms with Crippen LogP contribution in [-0.4, -0.2) is 0 Å². The van der Waals surface area contributed by atoms with Crippen LogP contribution in [0.25, 0.3) is 0 Å². The van der Waals surface area contributed by atoms with Crippen LogP contribution in [0.4, 0.5) is 0 Å². The van der Waals surface area contributed by atoms with Crippen molar-refractivity contribution in [3.8, 4) is 6.07 Å². The van der Waals surface area contributed by atoms with Gasteiger partial charge in [0.15, 0.2) is 0 Å². The molecule has 1 rings (SSSR count). The highest BCUT2D eigenvalue weighted by Gasteiger charge is 1.90. The van der Waals surface area contributed by atoms with E-state index in [9.17, 15) is 0 Å². The van der Waals surface area contributed by atoms with Crippen molar-refractivity contribution in [2.24, 2.45) is 0 Å². The number of rotatable bonds is 0. The summed E-state index contributed by atoms with van der Waals surface area (Å²) in [5, 5.41) is 8.50. The van der Waals surface area contributed by atoms with E-state index in [2.05, 4.69) is 11.8 Å². The fourth-order valence-electron chi connectivity index (χ4n) is 0.717. The lowest BCUT2D eigenvalue weighted by molar-refractivity contribution is 1.46. The molecular formula is C9H7N. The molecule has 0 N–H and O–H groups in total. The van der Waals surface area contributed by atoms with E-state index in [0.29, 0.717) is 5.57 Å². The summed E-state index contributed by atoms with van der Waals surface area (Å²) in [5.41, 5.74) is 4.60. The Morgan fingerprint density at radius 3 is 3.10 bits per heavy atom. The van der Waals surface area contributed by atoms with E-state index < -0.39 is 0 Å². The predicted octanol–water partition coefficient (Wildman–Crippen LogP) is 2.11. The van der Waals surface area contributed by atoms with Crippen LogP contribution in [0.1, 0.15) is 6.92 Å². The third-order valence-corrected chi connectivity index (χ3v) is 1.19. The lowest BCUT2D eigenvalue weighted by Gasteiger charge is -1.85. The number of allylic oxidation sites excluding steroid dienone is 5. The molecule has 1 aliphatic rings. The minimum Gasteiger partial charge on any atom is -0.192 e. The molecule has 1 nitrogen and oxygen atoms in total. The second-order valence-electron chi connectivity index (χ2n) is 2.10. The fourth-order valence-corrected chi connectivity index (χ4v) is 0.717. The maximum atomic E-state index is 8.50. The van der Waals surface area contributed by atoms with E-state index in [1.54, 1.807) is 12.2 Å². The fraction of sp³-hybridized carbons (Fsp3) is 0.111. The van der Waals surface area contributed by atoms with Gasteiger partial charge in [-0.15, -0.1) is 5.73 Å². The Bertz CT molecular complexity index is 291. The van der Waals surface area contributed by atoms with Gasteiger partial charge in [0, 0.05) is 0 Å². The molecule has 0 atom stereocenters.